The highest BCUT2D eigenvalue weighted by Gasteiger charge is 2.09. The zero-order chi connectivity index (χ0) is 18.5. The molecule has 3 rings (SSSR count). The Morgan fingerprint density at radius 3 is 2.46 bits per heavy atom. The maximum Gasteiger partial charge on any atom is 0.339 e. The average molecular weight is 350 g/mol. The van der Waals surface area contributed by atoms with E-state index in [1.807, 2.05) is 42.7 Å². The summed E-state index contributed by atoms with van der Waals surface area (Å²) in [5, 5.41) is 6.69. The number of urea groups is 1. The third-order valence-corrected chi connectivity index (χ3v) is 3.96. The van der Waals surface area contributed by atoms with Gasteiger partial charge in [-0.05, 0) is 56.3 Å². The van der Waals surface area contributed by atoms with Gasteiger partial charge in [0.05, 0.1) is 6.21 Å². The summed E-state index contributed by atoms with van der Waals surface area (Å²) >= 11 is 0. The number of nitrogens with one attached hydrogen (secondary N) is 2. The van der Waals surface area contributed by atoms with Crippen molar-refractivity contribution in [1.82, 2.24) is 9.99 Å². The first-order valence-corrected chi connectivity index (χ1v) is 8.14. The van der Waals surface area contributed by atoms with Crippen molar-refractivity contribution in [2.75, 3.05) is 5.32 Å². The highest BCUT2D eigenvalue weighted by atomic mass is 19.1. The molecule has 2 aromatic carbocycles. The zero-order valence-electron chi connectivity index (χ0n) is 14.5. The van der Waals surface area contributed by atoms with Gasteiger partial charge in [0.25, 0.3) is 0 Å². The monoisotopic (exact) mass is 350 g/mol. The van der Waals surface area contributed by atoms with Crippen molar-refractivity contribution >= 4 is 17.9 Å². The Balaban J connectivity index is 1.70. The number of nitrogens with zero attached hydrogens (tertiary/aromatic N) is 2. The predicted octanol–water partition coefficient (Wildman–Crippen LogP) is 4.39. The van der Waals surface area contributed by atoms with Crippen molar-refractivity contribution in [2.24, 2.45) is 5.10 Å². The van der Waals surface area contributed by atoms with Crippen LogP contribution in [0.1, 0.15) is 17.0 Å². The molecule has 1 aromatic heterocycles. The largest absolute Gasteiger partial charge is 0.339 e. The molecule has 0 unspecified atom stereocenters. The van der Waals surface area contributed by atoms with Crippen molar-refractivity contribution in [3.63, 3.8) is 0 Å². The van der Waals surface area contributed by atoms with Crippen molar-refractivity contribution in [3.8, 4) is 5.69 Å². The van der Waals surface area contributed by atoms with Gasteiger partial charge in [0, 0.05) is 28.3 Å². The van der Waals surface area contributed by atoms with Crippen LogP contribution in [0.2, 0.25) is 0 Å². The summed E-state index contributed by atoms with van der Waals surface area (Å²) in [4.78, 5) is 11.8. The second-order valence-corrected chi connectivity index (χ2v) is 5.83. The SMILES string of the molecule is Cc1cc(/C=N/NC(=O)Nc2ccccc2)c(C)n1-c1ccc(F)cc1. The van der Waals surface area contributed by atoms with Crippen molar-refractivity contribution in [2.45, 2.75) is 13.8 Å². The van der Waals surface area contributed by atoms with Crippen LogP contribution in [0.25, 0.3) is 5.69 Å². The summed E-state index contributed by atoms with van der Waals surface area (Å²) in [5.74, 6) is -0.272. The molecule has 0 saturated heterocycles. The molecule has 5 nitrogen and oxygen atoms in total. The molecule has 2 amide bonds. The van der Waals surface area contributed by atoms with E-state index < -0.39 is 6.03 Å². The summed E-state index contributed by atoms with van der Waals surface area (Å²) in [7, 11) is 0. The number of para-hydroxylation sites is 1. The van der Waals surface area contributed by atoms with E-state index in [0.29, 0.717) is 5.69 Å². The van der Waals surface area contributed by atoms with Gasteiger partial charge in [-0.1, -0.05) is 18.2 Å². The average Bonchev–Trinajstić information content (AvgIpc) is 2.90. The Labute approximate surface area is 151 Å². The number of hydrogen-bond donors (Lipinski definition) is 2. The molecular formula is C20H19FN4O. The third-order valence-electron chi connectivity index (χ3n) is 3.96. The molecule has 0 aliphatic rings. The third kappa shape index (κ3) is 3.97. The smallest absolute Gasteiger partial charge is 0.318 e. The topological polar surface area (TPSA) is 58.4 Å². The summed E-state index contributed by atoms with van der Waals surface area (Å²) < 4.78 is 15.1. The van der Waals surface area contributed by atoms with Crippen LogP contribution in [0.3, 0.4) is 0 Å². The van der Waals surface area contributed by atoms with Gasteiger partial charge in [-0.15, -0.1) is 0 Å². The Morgan fingerprint density at radius 1 is 1.08 bits per heavy atom. The standard InChI is InChI=1S/C20H19FN4O/c1-14-12-16(15(2)25(14)19-10-8-17(21)9-11-19)13-22-24-20(26)23-18-6-4-3-5-7-18/h3-13H,1-2H3,(H2,23,24,26)/b22-13+. The first kappa shape index (κ1) is 17.4. The number of hydrogen-bond acceptors (Lipinski definition) is 2. The summed E-state index contributed by atoms with van der Waals surface area (Å²) in [6.45, 7) is 3.91. The van der Waals surface area contributed by atoms with Crippen LogP contribution in [0, 0.1) is 19.7 Å². The van der Waals surface area contributed by atoms with Crippen LogP contribution in [-0.2, 0) is 0 Å². The van der Waals surface area contributed by atoms with Crippen molar-refractivity contribution in [3.05, 3.63) is 83.4 Å². The van der Waals surface area contributed by atoms with Crippen molar-refractivity contribution < 1.29 is 9.18 Å². The van der Waals surface area contributed by atoms with Crippen LogP contribution in [-0.4, -0.2) is 16.8 Å². The van der Waals surface area contributed by atoms with Gasteiger partial charge in [-0.3, -0.25) is 0 Å². The number of hydrazone groups is 1. The Kier molecular flexibility index (Phi) is 5.12. The van der Waals surface area contributed by atoms with Gasteiger partial charge in [0.15, 0.2) is 0 Å². The van der Waals surface area contributed by atoms with Gasteiger partial charge in [-0.25, -0.2) is 14.6 Å². The second kappa shape index (κ2) is 7.65. The first-order chi connectivity index (χ1) is 12.5. The first-order valence-electron chi connectivity index (χ1n) is 8.14. The number of carbonyl (C=O) groups excluding carboxylic acids is 1. The van der Waals surface area contributed by atoms with E-state index in [2.05, 4.69) is 15.8 Å². The summed E-state index contributed by atoms with van der Waals surface area (Å²) in [6, 6.07) is 17.0. The molecule has 0 aliphatic carbocycles. The molecule has 26 heavy (non-hydrogen) atoms. The Bertz CT molecular complexity index is 930. The maximum atomic E-state index is 13.1. The number of amides is 2. The lowest BCUT2D eigenvalue weighted by atomic mass is 10.2. The molecule has 2 N–H and O–H groups in total. The lowest BCUT2D eigenvalue weighted by Crippen LogP contribution is -2.24. The maximum absolute atomic E-state index is 13.1. The van der Waals surface area contributed by atoms with Crippen LogP contribution >= 0.6 is 0 Å². The molecule has 0 saturated carbocycles. The number of halogens is 1. The quantitative estimate of drug-likeness (QED) is 0.532. The summed E-state index contributed by atoms with van der Waals surface area (Å²) in [6.07, 6.45) is 1.59. The lowest BCUT2D eigenvalue weighted by Gasteiger charge is -2.09. The van der Waals surface area contributed by atoms with Crippen molar-refractivity contribution in [1.29, 1.82) is 0 Å². The molecule has 3 aromatic rings. The van der Waals surface area contributed by atoms with E-state index in [9.17, 15) is 9.18 Å². The summed E-state index contributed by atoms with van der Waals surface area (Å²) in [5.41, 5.74) is 6.81. The molecule has 132 valence electrons. The minimum atomic E-state index is -0.417. The van der Waals surface area contributed by atoms with Crippen LogP contribution in [0.15, 0.2) is 65.8 Å². The van der Waals surface area contributed by atoms with Gasteiger partial charge in [-0.2, -0.15) is 5.10 Å². The van der Waals surface area contributed by atoms with Crippen LogP contribution in [0.4, 0.5) is 14.9 Å². The molecule has 6 heteroatoms. The number of anilines is 1. The highest BCUT2D eigenvalue weighted by Crippen LogP contribution is 2.20. The van der Waals surface area contributed by atoms with E-state index in [4.69, 9.17) is 0 Å². The van der Waals surface area contributed by atoms with Gasteiger partial charge in [0.2, 0.25) is 0 Å². The molecule has 1 heterocycles. The van der Waals surface area contributed by atoms with E-state index in [1.54, 1.807) is 30.5 Å². The van der Waals surface area contributed by atoms with Crippen LogP contribution < -0.4 is 10.7 Å². The second-order valence-electron chi connectivity index (χ2n) is 5.83. The molecule has 0 fully saturated rings. The Morgan fingerprint density at radius 2 is 1.77 bits per heavy atom. The molecule has 0 atom stereocenters. The number of aromatic nitrogens is 1. The molecule has 0 aliphatic heterocycles. The fourth-order valence-corrected chi connectivity index (χ4v) is 2.75. The minimum Gasteiger partial charge on any atom is -0.318 e. The van der Waals surface area contributed by atoms with E-state index in [-0.39, 0.29) is 5.82 Å². The molecule has 0 radical (unpaired) electrons. The van der Waals surface area contributed by atoms with E-state index in [1.165, 1.54) is 12.1 Å². The number of aryl methyl sites for hydroxylation is 1. The molecule has 0 spiro atoms. The Hall–Kier alpha value is -3.41. The van der Waals surface area contributed by atoms with E-state index >= 15 is 0 Å². The fourth-order valence-electron chi connectivity index (χ4n) is 2.75. The molecule has 0 bridgehead atoms. The van der Waals surface area contributed by atoms with E-state index in [0.717, 1.165) is 22.6 Å². The predicted molar refractivity (Wildman–Crippen MR) is 101 cm³/mol. The normalized spacial score (nSPS) is 10.9. The molecular weight excluding hydrogens is 331 g/mol. The lowest BCUT2D eigenvalue weighted by molar-refractivity contribution is 0.252. The fraction of sp³-hybridized carbons (Fsp3) is 0.100. The zero-order valence-corrected chi connectivity index (χ0v) is 14.5. The number of carbonyl (C=O) groups is 1. The highest BCUT2D eigenvalue weighted by molar-refractivity contribution is 5.90. The van der Waals surface area contributed by atoms with Gasteiger partial charge in [0.1, 0.15) is 5.82 Å². The number of benzene rings is 2. The minimum absolute atomic E-state index is 0.272. The number of rotatable bonds is 4. The van der Waals surface area contributed by atoms with Crippen LogP contribution in [0.5, 0.6) is 0 Å². The van der Waals surface area contributed by atoms with Gasteiger partial charge >= 0.3 is 6.03 Å². The van der Waals surface area contributed by atoms with Gasteiger partial charge < -0.3 is 9.88 Å².